The number of nitrogens with zero attached hydrogens (tertiary/aromatic N) is 3. The Bertz CT molecular complexity index is 974. The molecular formula is C20H23FN4OS. The third-order valence-corrected chi connectivity index (χ3v) is 6.19. The van der Waals surface area contributed by atoms with Crippen LogP contribution in [0.2, 0.25) is 0 Å². The van der Waals surface area contributed by atoms with Gasteiger partial charge in [0.1, 0.15) is 5.82 Å². The number of benzene rings is 1. The van der Waals surface area contributed by atoms with Gasteiger partial charge in [0.25, 0.3) is 0 Å². The normalized spacial score (nSPS) is 18.1. The second-order valence-corrected chi connectivity index (χ2v) is 8.11. The van der Waals surface area contributed by atoms with Gasteiger partial charge in [0, 0.05) is 39.2 Å². The summed E-state index contributed by atoms with van der Waals surface area (Å²) in [5.74, 6) is 0.458. The van der Waals surface area contributed by atoms with E-state index in [0.717, 1.165) is 53.0 Å². The molecule has 0 spiro atoms. The van der Waals surface area contributed by atoms with Gasteiger partial charge >= 0.3 is 0 Å². The molecule has 3 heterocycles. The van der Waals surface area contributed by atoms with Crippen molar-refractivity contribution in [1.82, 2.24) is 15.1 Å². The number of halogens is 1. The summed E-state index contributed by atoms with van der Waals surface area (Å²) in [6, 6.07) is 5.88. The van der Waals surface area contributed by atoms with E-state index in [1.54, 1.807) is 6.07 Å². The van der Waals surface area contributed by atoms with E-state index in [1.165, 1.54) is 16.7 Å². The summed E-state index contributed by atoms with van der Waals surface area (Å²) in [4.78, 5) is 2.30. The van der Waals surface area contributed by atoms with Crippen LogP contribution in [0, 0.1) is 12.7 Å². The van der Waals surface area contributed by atoms with Gasteiger partial charge in [-0.25, -0.2) is 4.39 Å². The molecule has 2 aromatic heterocycles. The molecule has 4 rings (SSSR count). The van der Waals surface area contributed by atoms with Gasteiger partial charge in [-0.3, -0.25) is 0 Å². The Morgan fingerprint density at radius 1 is 1.37 bits per heavy atom. The first-order valence-electron chi connectivity index (χ1n) is 9.16. The summed E-state index contributed by atoms with van der Waals surface area (Å²) in [5, 5.41) is 24.4. The average Bonchev–Trinajstić information content (AvgIpc) is 3.02. The van der Waals surface area contributed by atoms with Crippen molar-refractivity contribution in [3.63, 3.8) is 0 Å². The number of aromatic nitrogens is 2. The van der Waals surface area contributed by atoms with Gasteiger partial charge < -0.3 is 15.3 Å². The number of likely N-dealkylation sites (N-methyl/N-ethyl adjacent to an activating group) is 1. The molecule has 0 aliphatic carbocycles. The summed E-state index contributed by atoms with van der Waals surface area (Å²) < 4.78 is 14.6. The first-order valence-corrected chi connectivity index (χ1v) is 10.0. The molecule has 0 radical (unpaired) electrons. The maximum Gasteiger partial charge on any atom is 0.154 e. The summed E-state index contributed by atoms with van der Waals surface area (Å²) in [6.07, 6.45) is 2.23. The van der Waals surface area contributed by atoms with Crippen LogP contribution in [-0.2, 0) is 6.61 Å². The van der Waals surface area contributed by atoms with Gasteiger partial charge in [-0.05, 0) is 51.1 Å². The summed E-state index contributed by atoms with van der Waals surface area (Å²) in [6.45, 7) is 3.91. The van der Waals surface area contributed by atoms with Crippen LogP contribution in [0.15, 0.2) is 23.6 Å². The van der Waals surface area contributed by atoms with E-state index in [1.807, 2.05) is 19.1 Å². The Kier molecular flexibility index (Phi) is 5.08. The third kappa shape index (κ3) is 3.54. The second kappa shape index (κ2) is 7.50. The van der Waals surface area contributed by atoms with Crippen molar-refractivity contribution >= 4 is 27.2 Å². The molecule has 1 atom stereocenters. The summed E-state index contributed by atoms with van der Waals surface area (Å²) in [5.41, 5.74) is 3.27. The minimum absolute atomic E-state index is 0.102. The van der Waals surface area contributed by atoms with E-state index in [0.29, 0.717) is 17.2 Å². The second-order valence-electron chi connectivity index (χ2n) is 7.20. The summed E-state index contributed by atoms with van der Waals surface area (Å²) in [7, 11) is 2.12. The van der Waals surface area contributed by atoms with Crippen molar-refractivity contribution in [2.24, 2.45) is 0 Å². The van der Waals surface area contributed by atoms with Crippen LogP contribution >= 0.6 is 11.3 Å². The predicted octanol–water partition coefficient (Wildman–Crippen LogP) is 3.80. The fourth-order valence-corrected chi connectivity index (χ4v) is 4.61. The lowest BCUT2D eigenvalue weighted by Crippen LogP contribution is -2.40. The van der Waals surface area contributed by atoms with E-state index in [-0.39, 0.29) is 12.4 Å². The molecule has 0 bridgehead atoms. The standard InChI is InChI=1S/C20H23FN4OS/c1-12-16(10-26)20(22-14-4-3-7-25(2)9-14)24-23-19(12)13-5-6-15-17(21)11-27-18(15)8-13/h5-6,8,11,14,26H,3-4,7,9-10H2,1-2H3,(H,22,24)/t14-/m1/s1. The lowest BCUT2D eigenvalue weighted by atomic mass is 10.0. The minimum Gasteiger partial charge on any atom is -0.392 e. The lowest BCUT2D eigenvalue weighted by Gasteiger charge is -2.31. The van der Waals surface area contributed by atoms with E-state index in [2.05, 4.69) is 27.5 Å². The number of nitrogens with one attached hydrogen (secondary N) is 1. The highest BCUT2D eigenvalue weighted by molar-refractivity contribution is 7.17. The Morgan fingerprint density at radius 2 is 2.22 bits per heavy atom. The molecule has 0 amide bonds. The zero-order valence-corrected chi connectivity index (χ0v) is 16.3. The van der Waals surface area contributed by atoms with Crippen LogP contribution in [0.3, 0.4) is 0 Å². The SMILES string of the molecule is Cc1c(-c2ccc3c(F)csc3c2)nnc(N[C@@H]2CCCN(C)C2)c1CO. The average molecular weight is 386 g/mol. The Labute approximate surface area is 161 Å². The van der Waals surface area contributed by atoms with Crippen LogP contribution in [0.25, 0.3) is 21.3 Å². The molecule has 7 heteroatoms. The quantitative estimate of drug-likeness (QED) is 0.714. The van der Waals surface area contributed by atoms with Crippen molar-refractivity contribution in [1.29, 1.82) is 0 Å². The molecule has 1 aliphatic heterocycles. The number of aliphatic hydroxyl groups excluding tert-OH is 1. The predicted molar refractivity (Wildman–Crippen MR) is 108 cm³/mol. The molecule has 3 aromatic rings. The van der Waals surface area contributed by atoms with Crippen molar-refractivity contribution in [3.05, 3.63) is 40.5 Å². The highest BCUT2D eigenvalue weighted by Crippen LogP contribution is 2.32. The van der Waals surface area contributed by atoms with Crippen LogP contribution < -0.4 is 5.32 Å². The molecule has 1 aliphatic rings. The van der Waals surface area contributed by atoms with Gasteiger partial charge in [0.15, 0.2) is 5.82 Å². The number of anilines is 1. The molecule has 2 N–H and O–H groups in total. The highest BCUT2D eigenvalue weighted by atomic mass is 32.1. The zero-order valence-electron chi connectivity index (χ0n) is 15.5. The molecule has 142 valence electrons. The molecular weight excluding hydrogens is 363 g/mol. The number of thiophene rings is 1. The van der Waals surface area contributed by atoms with E-state index in [9.17, 15) is 9.50 Å². The third-order valence-electron chi connectivity index (χ3n) is 5.27. The number of rotatable bonds is 4. The zero-order chi connectivity index (χ0) is 19.0. The van der Waals surface area contributed by atoms with Crippen molar-refractivity contribution in [2.75, 3.05) is 25.5 Å². The Hall–Kier alpha value is -2.09. The Balaban J connectivity index is 1.67. The number of hydrogen-bond acceptors (Lipinski definition) is 6. The van der Waals surface area contributed by atoms with Gasteiger partial charge in [0.2, 0.25) is 0 Å². The van der Waals surface area contributed by atoms with Crippen molar-refractivity contribution in [2.45, 2.75) is 32.4 Å². The van der Waals surface area contributed by atoms with Crippen molar-refractivity contribution < 1.29 is 9.50 Å². The molecule has 0 saturated carbocycles. The molecule has 5 nitrogen and oxygen atoms in total. The first kappa shape index (κ1) is 18.3. The van der Waals surface area contributed by atoms with Crippen molar-refractivity contribution in [3.8, 4) is 11.3 Å². The summed E-state index contributed by atoms with van der Waals surface area (Å²) >= 11 is 1.38. The smallest absolute Gasteiger partial charge is 0.154 e. The molecule has 1 saturated heterocycles. The number of aliphatic hydroxyl groups is 1. The fraction of sp³-hybridized carbons (Fsp3) is 0.400. The van der Waals surface area contributed by atoms with Crippen LogP contribution in [-0.4, -0.2) is 46.4 Å². The van der Waals surface area contributed by atoms with E-state index >= 15 is 0 Å². The lowest BCUT2D eigenvalue weighted by molar-refractivity contribution is 0.259. The highest BCUT2D eigenvalue weighted by Gasteiger charge is 2.21. The van der Waals surface area contributed by atoms with Crippen LogP contribution in [0.4, 0.5) is 10.2 Å². The fourth-order valence-electron chi connectivity index (χ4n) is 3.76. The Morgan fingerprint density at radius 3 is 3.00 bits per heavy atom. The van der Waals surface area contributed by atoms with Gasteiger partial charge in [-0.15, -0.1) is 21.5 Å². The van der Waals surface area contributed by atoms with E-state index < -0.39 is 0 Å². The maximum absolute atomic E-state index is 13.7. The number of fused-ring (bicyclic) bond motifs is 1. The number of likely N-dealkylation sites (tertiary alicyclic amines) is 1. The van der Waals surface area contributed by atoms with Gasteiger partial charge in [0.05, 0.1) is 12.3 Å². The number of piperidine rings is 1. The largest absolute Gasteiger partial charge is 0.392 e. The van der Waals surface area contributed by atoms with E-state index in [4.69, 9.17) is 0 Å². The maximum atomic E-state index is 13.7. The van der Waals surface area contributed by atoms with Crippen LogP contribution in [0.5, 0.6) is 0 Å². The molecule has 1 fully saturated rings. The minimum atomic E-state index is -0.197. The topological polar surface area (TPSA) is 61.3 Å². The molecule has 0 unspecified atom stereocenters. The first-order chi connectivity index (χ1) is 13.1. The van der Waals surface area contributed by atoms with Gasteiger partial charge in [-0.2, -0.15) is 0 Å². The number of hydrogen-bond donors (Lipinski definition) is 2. The monoisotopic (exact) mass is 386 g/mol. The molecule has 27 heavy (non-hydrogen) atoms. The van der Waals surface area contributed by atoms with Crippen LogP contribution in [0.1, 0.15) is 24.0 Å². The van der Waals surface area contributed by atoms with Gasteiger partial charge in [-0.1, -0.05) is 6.07 Å². The molecule has 1 aromatic carbocycles.